The lowest BCUT2D eigenvalue weighted by molar-refractivity contribution is 0.102. The molecule has 100 valence electrons. The van der Waals surface area contributed by atoms with E-state index in [4.69, 9.17) is 15.7 Å². The van der Waals surface area contributed by atoms with E-state index >= 15 is 0 Å². The molecule has 0 aliphatic rings. The van der Waals surface area contributed by atoms with Gasteiger partial charge in [-0.25, -0.2) is 4.98 Å². The van der Waals surface area contributed by atoms with Crippen molar-refractivity contribution in [3.05, 3.63) is 47.8 Å². The summed E-state index contributed by atoms with van der Waals surface area (Å²) in [6.45, 7) is 0. The summed E-state index contributed by atoms with van der Waals surface area (Å²) in [5.74, 6) is -0.0288. The van der Waals surface area contributed by atoms with E-state index in [2.05, 4.69) is 10.3 Å². The Hall–Kier alpha value is -3.07. The zero-order valence-corrected chi connectivity index (χ0v) is 10.8. The smallest absolute Gasteiger partial charge is 0.274 e. The molecule has 0 atom stereocenters. The number of nitriles is 1. The maximum atomic E-state index is 12.1. The van der Waals surface area contributed by atoms with Gasteiger partial charge in [-0.15, -0.1) is 0 Å². The molecular weight excluding hydrogens is 256 g/mol. The zero-order chi connectivity index (χ0) is 14.5. The second-order valence-corrected chi connectivity index (χ2v) is 3.93. The molecule has 1 aromatic heterocycles. The van der Waals surface area contributed by atoms with Crippen LogP contribution in [0.2, 0.25) is 0 Å². The van der Waals surface area contributed by atoms with Gasteiger partial charge in [0.2, 0.25) is 0 Å². The van der Waals surface area contributed by atoms with E-state index in [0.29, 0.717) is 22.7 Å². The summed E-state index contributed by atoms with van der Waals surface area (Å²) in [5, 5.41) is 11.7. The van der Waals surface area contributed by atoms with Crippen LogP contribution in [0.25, 0.3) is 0 Å². The number of nitrogen functional groups attached to an aromatic ring is 1. The van der Waals surface area contributed by atoms with Crippen molar-refractivity contribution >= 4 is 17.3 Å². The summed E-state index contributed by atoms with van der Waals surface area (Å²) in [4.78, 5) is 16.0. The molecule has 2 rings (SSSR count). The minimum absolute atomic E-state index is 0.203. The third-order valence-electron chi connectivity index (χ3n) is 2.62. The number of hydrogen-bond donors (Lipinski definition) is 2. The van der Waals surface area contributed by atoms with Crippen LogP contribution in [0.15, 0.2) is 36.5 Å². The molecule has 0 aliphatic heterocycles. The molecule has 0 unspecified atom stereocenters. The lowest BCUT2D eigenvalue weighted by Gasteiger charge is -2.11. The van der Waals surface area contributed by atoms with E-state index < -0.39 is 5.91 Å². The fourth-order valence-electron chi connectivity index (χ4n) is 1.64. The van der Waals surface area contributed by atoms with Crippen LogP contribution in [0.5, 0.6) is 5.75 Å². The molecule has 6 heteroatoms. The number of para-hydroxylation sites is 1. The summed E-state index contributed by atoms with van der Waals surface area (Å²) in [5.41, 5.74) is 6.82. The Balaban J connectivity index is 2.32. The van der Waals surface area contributed by atoms with E-state index in [1.54, 1.807) is 24.3 Å². The Kier molecular flexibility index (Phi) is 3.82. The summed E-state index contributed by atoms with van der Waals surface area (Å²) >= 11 is 0. The molecule has 0 aliphatic carbocycles. The van der Waals surface area contributed by atoms with Gasteiger partial charge in [0.25, 0.3) is 5.91 Å². The first-order chi connectivity index (χ1) is 9.65. The van der Waals surface area contributed by atoms with Crippen LogP contribution in [-0.4, -0.2) is 18.0 Å². The highest BCUT2D eigenvalue weighted by molar-refractivity contribution is 6.04. The summed E-state index contributed by atoms with van der Waals surface area (Å²) in [7, 11) is 1.47. The van der Waals surface area contributed by atoms with Crippen molar-refractivity contribution in [3.8, 4) is 11.8 Å². The van der Waals surface area contributed by atoms with Crippen LogP contribution < -0.4 is 15.8 Å². The summed E-state index contributed by atoms with van der Waals surface area (Å²) in [6.07, 6.45) is 1.39. The van der Waals surface area contributed by atoms with Gasteiger partial charge >= 0.3 is 0 Å². The van der Waals surface area contributed by atoms with Crippen molar-refractivity contribution in [1.82, 2.24) is 4.98 Å². The van der Waals surface area contributed by atoms with Crippen molar-refractivity contribution in [2.75, 3.05) is 18.2 Å². The highest BCUT2D eigenvalue weighted by Crippen LogP contribution is 2.28. The second-order valence-electron chi connectivity index (χ2n) is 3.93. The van der Waals surface area contributed by atoms with Gasteiger partial charge in [0, 0.05) is 0 Å². The van der Waals surface area contributed by atoms with E-state index in [9.17, 15) is 4.79 Å². The van der Waals surface area contributed by atoms with Gasteiger partial charge in [-0.2, -0.15) is 5.26 Å². The number of nitrogens with two attached hydrogens (primary N) is 1. The largest absolute Gasteiger partial charge is 0.495 e. The number of methoxy groups -OCH3 is 1. The first kappa shape index (κ1) is 13.4. The number of hydrogen-bond acceptors (Lipinski definition) is 5. The van der Waals surface area contributed by atoms with Crippen LogP contribution in [0.4, 0.5) is 11.4 Å². The Morgan fingerprint density at radius 2 is 2.20 bits per heavy atom. The molecule has 2 aromatic rings. The average Bonchev–Trinajstić information content (AvgIpc) is 2.48. The van der Waals surface area contributed by atoms with Crippen LogP contribution in [-0.2, 0) is 0 Å². The molecule has 0 spiro atoms. The highest BCUT2D eigenvalue weighted by Gasteiger charge is 2.14. The SMILES string of the molecule is COc1cccc(C#N)c1NC(=O)c1ccc(N)cn1. The molecule has 1 aromatic carbocycles. The van der Waals surface area contributed by atoms with Gasteiger partial charge in [0.05, 0.1) is 24.6 Å². The zero-order valence-electron chi connectivity index (χ0n) is 10.8. The normalized spacial score (nSPS) is 9.60. The fourth-order valence-corrected chi connectivity index (χ4v) is 1.64. The van der Waals surface area contributed by atoms with E-state index in [-0.39, 0.29) is 5.69 Å². The Morgan fingerprint density at radius 1 is 1.40 bits per heavy atom. The van der Waals surface area contributed by atoms with E-state index in [1.165, 1.54) is 19.4 Å². The molecule has 1 amide bonds. The van der Waals surface area contributed by atoms with Gasteiger partial charge in [-0.1, -0.05) is 6.07 Å². The number of amides is 1. The second kappa shape index (κ2) is 5.71. The molecule has 0 radical (unpaired) electrons. The predicted molar refractivity (Wildman–Crippen MR) is 74.3 cm³/mol. The van der Waals surface area contributed by atoms with Crippen LogP contribution in [0.1, 0.15) is 16.1 Å². The number of anilines is 2. The molecule has 1 heterocycles. The van der Waals surface area contributed by atoms with Gasteiger partial charge in [0.15, 0.2) is 0 Å². The first-order valence-corrected chi connectivity index (χ1v) is 5.75. The fraction of sp³-hybridized carbons (Fsp3) is 0.0714. The lowest BCUT2D eigenvalue weighted by Crippen LogP contribution is -2.15. The Bertz CT molecular complexity index is 675. The van der Waals surface area contributed by atoms with Crippen molar-refractivity contribution in [2.24, 2.45) is 0 Å². The number of nitrogens with zero attached hydrogens (tertiary/aromatic N) is 2. The molecule has 6 nitrogen and oxygen atoms in total. The molecular formula is C14H12N4O2. The van der Waals surface area contributed by atoms with E-state index in [1.807, 2.05) is 6.07 Å². The van der Waals surface area contributed by atoms with Crippen LogP contribution in [0, 0.1) is 11.3 Å². The van der Waals surface area contributed by atoms with E-state index in [0.717, 1.165) is 0 Å². The van der Waals surface area contributed by atoms with Crippen molar-refractivity contribution in [1.29, 1.82) is 5.26 Å². The average molecular weight is 268 g/mol. The van der Waals surface area contributed by atoms with Gasteiger partial charge in [0.1, 0.15) is 23.2 Å². The number of nitrogens with one attached hydrogen (secondary N) is 1. The number of ether oxygens (including phenoxy) is 1. The lowest BCUT2D eigenvalue weighted by atomic mass is 10.1. The Morgan fingerprint density at radius 3 is 2.80 bits per heavy atom. The Labute approximate surface area is 115 Å². The minimum Gasteiger partial charge on any atom is -0.495 e. The number of carbonyl (C=O) groups is 1. The topological polar surface area (TPSA) is 101 Å². The standard InChI is InChI=1S/C14H12N4O2/c1-20-12-4-2-3-9(7-15)13(12)18-14(19)11-6-5-10(16)8-17-11/h2-6,8H,16H2,1H3,(H,18,19). The maximum Gasteiger partial charge on any atom is 0.274 e. The monoisotopic (exact) mass is 268 g/mol. The molecule has 0 bridgehead atoms. The number of carbonyl (C=O) groups excluding carboxylic acids is 1. The third kappa shape index (κ3) is 2.67. The van der Waals surface area contributed by atoms with Gasteiger partial charge in [-0.3, -0.25) is 4.79 Å². The number of rotatable bonds is 3. The number of benzene rings is 1. The minimum atomic E-state index is -0.439. The van der Waals surface area contributed by atoms with Crippen LogP contribution in [0.3, 0.4) is 0 Å². The molecule has 20 heavy (non-hydrogen) atoms. The highest BCUT2D eigenvalue weighted by atomic mass is 16.5. The summed E-state index contributed by atoms with van der Waals surface area (Å²) < 4.78 is 5.14. The molecule has 0 saturated heterocycles. The third-order valence-corrected chi connectivity index (χ3v) is 2.62. The van der Waals surface area contributed by atoms with Gasteiger partial charge in [-0.05, 0) is 24.3 Å². The van der Waals surface area contributed by atoms with Crippen molar-refractivity contribution in [2.45, 2.75) is 0 Å². The van der Waals surface area contributed by atoms with Crippen LogP contribution >= 0.6 is 0 Å². The van der Waals surface area contributed by atoms with Gasteiger partial charge < -0.3 is 15.8 Å². The molecule has 0 fully saturated rings. The van der Waals surface area contributed by atoms with Crippen molar-refractivity contribution in [3.63, 3.8) is 0 Å². The number of pyridine rings is 1. The number of aromatic nitrogens is 1. The predicted octanol–water partition coefficient (Wildman–Crippen LogP) is 1.80. The first-order valence-electron chi connectivity index (χ1n) is 5.75. The summed E-state index contributed by atoms with van der Waals surface area (Å²) in [6, 6.07) is 10.0. The maximum absolute atomic E-state index is 12.1. The molecule has 0 saturated carbocycles. The quantitative estimate of drug-likeness (QED) is 0.883. The molecule has 3 N–H and O–H groups in total. The van der Waals surface area contributed by atoms with Crippen molar-refractivity contribution < 1.29 is 9.53 Å².